The second kappa shape index (κ2) is 8.37. The lowest BCUT2D eigenvalue weighted by atomic mass is 9.92. The Morgan fingerprint density at radius 2 is 2.00 bits per heavy atom. The van der Waals surface area contributed by atoms with E-state index in [1.165, 1.54) is 0 Å². The molecule has 3 heterocycles. The summed E-state index contributed by atoms with van der Waals surface area (Å²) in [4.78, 5) is 29.0. The van der Waals surface area contributed by atoms with Crippen molar-refractivity contribution >= 4 is 17.5 Å². The molecule has 7 nitrogen and oxygen atoms in total. The maximum Gasteiger partial charge on any atom is 0.253 e. The van der Waals surface area contributed by atoms with Gasteiger partial charge in [-0.05, 0) is 44.4 Å². The van der Waals surface area contributed by atoms with Crippen molar-refractivity contribution in [3.8, 4) is 0 Å². The lowest BCUT2D eigenvalue weighted by Crippen LogP contribution is -2.55. The number of carbonyl (C=O) groups is 2. The van der Waals surface area contributed by atoms with Gasteiger partial charge in [0.2, 0.25) is 5.91 Å². The molecular weight excluding hydrogens is 368 g/mol. The number of aromatic nitrogens is 2. The van der Waals surface area contributed by atoms with Crippen molar-refractivity contribution in [2.45, 2.75) is 44.8 Å². The SMILES string of the molecule is Cc1ccnn1CCC(=O)N1CCCC2(CC1)CN(c1ccccc1)C(=O)CO2. The van der Waals surface area contributed by atoms with E-state index in [-0.39, 0.29) is 24.0 Å². The van der Waals surface area contributed by atoms with Gasteiger partial charge in [0, 0.05) is 43.6 Å². The molecule has 0 saturated carbocycles. The smallest absolute Gasteiger partial charge is 0.253 e. The van der Waals surface area contributed by atoms with Gasteiger partial charge in [-0.25, -0.2) is 0 Å². The zero-order chi connectivity index (χ0) is 20.3. The summed E-state index contributed by atoms with van der Waals surface area (Å²) < 4.78 is 7.94. The third-order valence-electron chi connectivity index (χ3n) is 6.03. The summed E-state index contributed by atoms with van der Waals surface area (Å²) in [7, 11) is 0. The molecule has 2 saturated heterocycles. The van der Waals surface area contributed by atoms with Gasteiger partial charge in [-0.2, -0.15) is 5.10 Å². The van der Waals surface area contributed by atoms with Crippen LogP contribution in [0.25, 0.3) is 0 Å². The number of morpholine rings is 1. The first-order chi connectivity index (χ1) is 14.1. The van der Waals surface area contributed by atoms with Crippen molar-refractivity contribution in [3.05, 3.63) is 48.3 Å². The fourth-order valence-electron chi connectivity index (χ4n) is 4.27. The zero-order valence-corrected chi connectivity index (χ0v) is 16.9. The summed E-state index contributed by atoms with van der Waals surface area (Å²) in [5, 5.41) is 4.25. The molecule has 1 spiro atoms. The number of rotatable bonds is 4. The molecule has 1 aromatic carbocycles. The molecule has 2 aromatic rings. The van der Waals surface area contributed by atoms with Crippen molar-refractivity contribution in [3.63, 3.8) is 0 Å². The van der Waals surface area contributed by atoms with Gasteiger partial charge in [0.25, 0.3) is 5.91 Å². The predicted octanol–water partition coefficient (Wildman–Crippen LogP) is 2.40. The van der Waals surface area contributed by atoms with Crippen LogP contribution >= 0.6 is 0 Å². The second-order valence-corrected chi connectivity index (χ2v) is 7.97. The number of para-hydroxylation sites is 1. The highest BCUT2D eigenvalue weighted by molar-refractivity contribution is 5.95. The van der Waals surface area contributed by atoms with E-state index in [1.807, 2.05) is 57.8 Å². The first kappa shape index (κ1) is 19.6. The Kier molecular flexibility index (Phi) is 5.67. The van der Waals surface area contributed by atoms with Crippen LogP contribution in [-0.4, -0.2) is 58.3 Å². The molecule has 2 fully saturated rings. The van der Waals surface area contributed by atoms with Crippen molar-refractivity contribution in [2.75, 3.05) is 31.1 Å². The van der Waals surface area contributed by atoms with Gasteiger partial charge in [-0.1, -0.05) is 18.2 Å². The summed E-state index contributed by atoms with van der Waals surface area (Å²) >= 11 is 0. The lowest BCUT2D eigenvalue weighted by molar-refractivity contribution is -0.141. The number of aryl methyl sites for hydroxylation is 2. The molecule has 0 aliphatic carbocycles. The van der Waals surface area contributed by atoms with Crippen LogP contribution < -0.4 is 4.90 Å². The lowest BCUT2D eigenvalue weighted by Gasteiger charge is -2.42. The average molecular weight is 396 g/mol. The number of anilines is 1. The molecule has 4 rings (SSSR count). The van der Waals surface area contributed by atoms with Crippen LogP contribution in [-0.2, 0) is 20.9 Å². The van der Waals surface area contributed by atoms with E-state index in [1.54, 1.807) is 6.20 Å². The minimum Gasteiger partial charge on any atom is -0.363 e. The second-order valence-electron chi connectivity index (χ2n) is 7.97. The Morgan fingerprint density at radius 1 is 1.17 bits per heavy atom. The van der Waals surface area contributed by atoms with Crippen LogP contribution in [0, 0.1) is 6.92 Å². The van der Waals surface area contributed by atoms with Gasteiger partial charge in [0.05, 0.1) is 12.1 Å². The Hall–Kier alpha value is -2.67. The van der Waals surface area contributed by atoms with Crippen LogP contribution in [0.4, 0.5) is 5.69 Å². The van der Waals surface area contributed by atoms with Crippen LogP contribution in [0.15, 0.2) is 42.6 Å². The van der Waals surface area contributed by atoms with E-state index in [0.29, 0.717) is 26.1 Å². The number of hydrogen-bond donors (Lipinski definition) is 0. The molecule has 0 N–H and O–H groups in total. The fraction of sp³-hybridized carbons (Fsp3) is 0.500. The van der Waals surface area contributed by atoms with Gasteiger partial charge in [-0.15, -0.1) is 0 Å². The van der Waals surface area contributed by atoms with Crippen LogP contribution in [0.1, 0.15) is 31.4 Å². The molecule has 0 bridgehead atoms. The molecule has 154 valence electrons. The highest BCUT2D eigenvalue weighted by atomic mass is 16.5. The molecule has 2 aliphatic rings. The highest BCUT2D eigenvalue weighted by Gasteiger charge is 2.41. The number of carbonyl (C=O) groups excluding carboxylic acids is 2. The van der Waals surface area contributed by atoms with Gasteiger partial charge >= 0.3 is 0 Å². The molecular formula is C22H28N4O3. The number of ether oxygens (including phenoxy) is 1. The Balaban J connectivity index is 1.38. The highest BCUT2D eigenvalue weighted by Crippen LogP contribution is 2.33. The average Bonchev–Trinajstić information content (AvgIpc) is 3.04. The van der Waals surface area contributed by atoms with E-state index in [4.69, 9.17) is 4.74 Å². The minimum atomic E-state index is -0.378. The molecule has 2 amide bonds. The number of amides is 2. The summed E-state index contributed by atoms with van der Waals surface area (Å²) in [5.41, 5.74) is 1.60. The number of likely N-dealkylation sites (tertiary alicyclic amines) is 1. The maximum atomic E-state index is 12.7. The van der Waals surface area contributed by atoms with E-state index < -0.39 is 0 Å². The summed E-state index contributed by atoms with van der Waals surface area (Å²) in [6, 6.07) is 11.7. The van der Waals surface area contributed by atoms with Crippen LogP contribution in [0.2, 0.25) is 0 Å². The van der Waals surface area contributed by atoms with Gasteiger partial charge in [0.15, 0.2) is 0 Å². The van der Waals surface area contributed by atoms with E-state index in [0.717, 1.165) is 37.2 Å². The van der Waals surface area contributed by atoms with Crippen molar-refractivity contribution in [1.82, 2.24) is 14.7 Å². The number of hydrogen-bond acceptors (Lipinski definition) is 4. The molecule has 2 aliphatic heterocycles. The van der Waals surface area contributed by atoms with Crippen LogP contribution in [0.3, 0.4) is 0 Å². The normalized spacial score (nSPS) is 22.7. The number of benzene rings is 1. The molecule has 7 heteroatoms. The van der Waals surface area contributed by atoms with Gasteiger partial charge in [0.1, 0.15) is 6.61 Å². The predicted molar refractivity (Wildman–Crippen MR) is 109 cm³/mol. The number of nitrogens with zero attached hydrogens (tertiary/aromatic N) is 4. The molecule has 0 radical (unpaired) electrons. The standard InChI is InChI=1S/C22H28N4O3/c1-18-8-12-23-26(18)14-9-20(27)24-13-5-10-22(11-15-24)17-25(21(28)16-29-22)19-6-3-2-4-7-19/h2-4,6-8,12H,5,9-11,13-17H2,1H3. The van der Waals surface area contributed by atoms with Crippen molar-refractivity contribution in [2.24, 2.45) is 0 Å². The molecule has 1 unspecified atom stereocenters. The monoisotopic (exact) mass is 396 g/mol. The minimum absolute atomic E-state index is 0.00593. The fourth-order valence-corrected chi connectivity index (χ4v) is 4.27. The quantitative estimate of drug-likeness (QED) is 0.796. The van der Waals surface area contributed by atoms with Gasteiger partial charge in [-0.3, -0.25) is 14.3 Å². The van der Waals surface area contributed by atoms with Crippen molar-refractivity contribution < 1.29 is 14.3 Å². The summed E-state index contributed by atoms with van der Waals surface area (Å²) in [6.45, 7) is 4.64. The summed E-state index contributed by atoms with van der Waals surface area (Å²) in [5.74, 6) is 0.150. The third kappa shape index (κ3) is 4.34. The van der Waals surface area contributed by atoms with Crippen LogP contribution in [0.5, 0.6) is 0 Å². The Labute approximate surface area is 171 Å². The molecule has 1 aromatic heterocycles. The summed E-state index contributed by atoms with van der Waals surface area (Å²) in [6.07, 6.45) is 4.69. The van der Waals surface area contributed by atoms with E-state index in [9.17, 15) is 9.59 Å². The Bertz CT molecular complexity index is 866. The Morgan fingerprint density at radius 3 is 2.76 bits per heavy atom. The third-order valence-corrected chi connectivity index (χ3v) is 6.03. The molecule has 29 heavy (non-hydrogen) atoms. The maximum absolute atomic E-state index is 12.7. The first-order valence-electron chi connectivity index (χ1n) is 10.3. The topological polar surface area (TPSA) is 67.7 Å². The van der Waals surface area contributed by atoms with Gasteiger partial charge < -0.3 is 14.5 Å². The molecule has 1 atom stereocenters. The first-order valence-corrected chi connectivity index (χ1v) is 10.3. The van der Waals surface area contributed by atoms with E-state index in [2.05, 4.69) is 5.10 Å². The van der Waals surface area contributed by atoms with E-state index >= 15 is 0 Å². The zero-order valence-electron chi connectivity index (χ0n) is 16.9. The van der Waals surface area contributed by atoms with Crippen molar-refractivity contribution in [1.29, 1.82) is 0 Å². The largest absolute Gasteiger partial charge is 0.363 e.